The number of aromatic nitrogens is 2. The summed E-state index contributed by atoms with van der Waals surface area (Å²) in [6, 6.07) is 10.4. The van der Waals surface area contributed by atoms with Gasteiger partial charge in [-0.1, -0.05) is 35.0 Å². The summed E-state index contributed by atoms with van der Waals surface area (Å²) in [4.78, 5) is 0. The topological polar surface area (TPSA) is 43.8 Å². The first-order chi connectivity index (χ1) is 9.46. The lowest BCUT2D eigenvalue weighted by atomic mass is 9.88. The van der Waals surface area contributed by atoms with E-state index in [4.69, 9.17) is 5.73 Å². The first kappa shape index (κ1) is 15.3. The van der Waals surface area contributed by atoms with Crippen molar-refractivity contribution in [3.05, 3.63) is 51.8 Å². The van der Waals surface area contributed by atoms with Crippen molar-refractivity contribution in [1.29, 1.82) is 0 Å². The van der Waals surface area contributed by atoms with Crippen LogP contribution in [0.15, 0.2) is 34.8 Å². The molecule has 1 heterocycles. The fourth-order valence-corrected chi connectivity index (χ4v) is 2.68. The Labute approximate surface area is 129 Å². The average molecular weight is 336 g/mol. The number of nitrogens with two attached hydrogens (primary N) is 1. The Balaban J connectivity index is 2.27. The number of halogens is 1. The molecular weight excluding hydrogens is 314 g/mol. The van der Waals surface area contributed by atoms with Crippen LogP contribution >= 0.6 is 15.9 Å². The van der Waals surface area contributed by atoms with E-state index >= 15 is 0 Å². The summed E-state index contributed by atoms with van der Waals surface area (Å²) in [5.74, 6) is 0. The Kier molecular flexibility index (Phi) is 4.66. The van der Waals surface area contributed by atoms with Gasteiger partial charge in [-0.25, -0.2) is 0 Å². The molecular formula is C16H22BrN3. The Morgan fingerprint density at radius 2 is 1.90 bits per heavy atom. The maximum absolute atomic E-state index is 6.54. The van der Waals surface area contributed by atoms with Crippen molar-refractivity contribution in [2.45, 2.75) is 45.7 Å². The first-order valence-electron chi connectivity index (χ1n) is 7.06. The number of rotatable bonds is 5. The van der Waals surface area contributed by atoms with Crippen LogP contribution in [0.25, 0.3) is 0 Å². The van der Waals surface area contributed by atoms with Crippen molar-refractivity contribution in [2.24, 2.45) is 5.73 Å². The van der Waals surface area contributed by atoms with E-state index in [2.05, 4.69) is 64.7 Å². The molecule has 2 rings (SSSR count). The lowest BCUT2D eigenvalue weighted by molar-refractivity contribution is 0.463. The Bertz CT molecular complexity index is 570. The molecule has 0 fully saturated rings. The highest BCUT2D eigenvalue weighted by Crippen LogP contribution is 2.25. The Hall–Kier alpha value is -1.13. The van der Waals surface area contributed by atoms with Gasteiger partial charge >= 0.3 is 0 Å². The highest BCUT2D eigenvalue weighted by atomic mass is 79.9. The minimum Gasteiger partial charge on any atom is -0.321 e. The van der Waals surface area contributed by atoms with E-state index < -0.39 is 5.54 Å². The van der Waals surface area contributed by atoms with Gasteiger partial charge in [-0.3, -0.25) is 4.68 Å². The molecule has 0 saturated carbocycles. The fourth-order valence-electron chi connectivity index (χ4n) is 2.41. The smallest absolute Gasteiger partial charge is 0.0624 e. The number of benzene rings is 1. The van der Waals surface area contributed by atoms with Gasteiger partial charge in [-0.05, 0) is 44.0 Å². The van der Waals surface area contributed by atoms with E-state index in [1.54, 1.807) is 0 Å². The molecule has 2 N–H and O–H groups in total. The van der Waals surface area contributed by atoms with Gasteiger partial charge in [0.15, 0.2) is 0 Å². The predicted octanol–water partition coefficient (Wildman–Crippen LogP) is 3.64. The van der Waals surface area contributed by atoms with Gasteiger partial charge in [-0.15, -0.1) is 0 Å². The van der Waals surface area contributed by atoms with Crippen LogP contribution in [-0.4, -0.2) is 9.78 Å². The van der Waals surface area contributed by atoms with Crippen molar-refractivity contribution in [3.8, 4) is 0 Å². The van der Waals surface area contributed by atoms with Gasteiger partial charge < -0.3 is 5.73 Å². The number of nitrogens with zero attached hydrogens (tertiary/aromatic N) is 2. The van der Waals surface area contributed by atoms with Crippen LogP contribution in [0.2, 0.25) is 0 Å². The molecule has 0 amide bonds. The molecule has 108 valence electrons. The number of aryl methyl sites for hydroxylation is 2. The zero-order chi connectivity index (χ0) is 14.8. The van der Waals surface area contributed by atoms with Gasteiger partial charge in [0, 0.05) is 28.7 Å². The average Bonchev–Trinajstić information content (AvgIpc) is 2.80. The summed E-state index contributed by atoms with van der Waals surface area (Å²) in [5, 5.41) is 4.59. The van der Waals surface area contributed by atoms with Gasteiger partial charge in [0.2, 0.25) is 0 Å². The van der Waals surface area contributed by atoms with E-state index in [1.165, 1.54) is 5.69 Å². The second-order valence-corrected chi connectivity index (χ2v) is 6.31. The third kappa shape index (κ3) is 3.30. The zero-order valence-corrected chi connectivity index (χ0v) is 13.9. The largest absolute Gasteiger partial charge is 0.321 e. The molecule has 20 heavy (non-hydrogen) atoms. The molecule has 1 aromatic carbocycles. The third-order valence-electron chi connectivity index (χ3n) is 3.63. The maximum Gasteiger partial charge on any atom is 0.0624 e. The normalized spacial score (nSPS) is 14.2. The zero-order valence-electron chi connectivity index (χ0n) is 12.4. The van der Waals surface area contributed by atoms with Gasteiger partial charge in [0.1, 0.15) is 0 Å². The summed E-state index contributed by atoms with van der Waals surface area (Å²) < 4.78 is 3.13. The van der Waals surface area contributed by atoms with Gasteiger partial charge in [-0.2, -0.15) is 5.10 Å². The van der Waals surface area contributed by atoms with Crippen LogP contribution in [0.5, 0.6) is 0 Å². The fraction of sp³-hybridized carbons (Fsp3) is 0.438. The van der Waals surface area contributed by atoms with Crippen molar-refractivity contribution in [3.63, 3.8) is 0 Å². The summed E-state index contributed by atoms with van der Waals surface area (Å²) in [6.07, 6.45) is 1.75. The van der Waals surface area contributed by atoms with Crippen LogP contribution in [0, 0.1) is 0 Å². The molecule has 0 aliphatic heterocycles. The van der Waals surface area contributed by atoms with E-state index in [0.717, 1.165) is 35.1 Å². The van der Waals surface area contributed by atoms with Gasteiger partial charge in [0.05, 0.1) is 5.69 Å². The highest BCUT2D eigenvalue weighted by Gasteiger charge is 2.23. The third-order valence-corrected chi connectivity index (χ3v) is 4.16. The summed E-state index contributed by atoms with van der Waals surface area (Å²) in [5.41, 5.74) is 9.63. The molecule has 2 aromatic rings. The van der Waals surface area contributed by atoms with Crippen molar-refractivity contribution in [1.82, 2.24) is 9.78 Å². The van der Waals surface area contributed by atoms with Crippen LogP contribution in [0.4, 0.5) is 0 Å². The van der Waals surface area contributed by atoms with Crippen molar-refractivity contribution >= 4 is 15.9 Å². The molecule has 0 spiro atoms. The second kappa shape index (κ2) is 6.10. The van der Waals surface area contributed by atoms with Gasteiger partial charge in [0.25, 0.3) is 0 Å². The maximum atomic E-state index is 6.54. The van der Waals surface area contributed by atoms with Crippen LogP contribution < -0.4 is 5.73 Å². The number of hydrogen-bond acceptors (Lipinski definition) is 2. The molecule has 3 nitrogen and oxygen atoms in total. The standard InChI is InChI=1S/C16H22BrN3/c1-4-14-10-15(20(5-2)19-14)11-16(3,18)12-6-8-13(17)9-7-12/h6-10H,4-5,11,18H2,1-3H3. The van der Waals surface area contributed by atoms with Crippen molar-refractivity contribution in [2.75, 3.05) is 0 Å². The van der Waals surface area contributed by atoms with Crippen LogP contribution in [0.3, 0.4) is 0 Å². The minimum atomic E-state index is -0.390. The molecule has 0 saturated heterocycles. The molecule has 0 aliphatic rings. The molecule has 0 aliphatic carbocycles. The molecule has 0 bridgehead atoms. The second-order valence-electron chi connectivity index (χ2n) is 5.40. The predicted molar refractivity (Wildman–Crippen MR) is 86.7 cm³/mol. The lowest BCUT2D eigenvalue weighted by Crippen LogP contribution is -2.36. The summed E-state index contributed by atoms with van der Waals surface area (Å²) in [7, 11) is 0. The van der Waals surface area contributed by atoms with E-state index in [0.29, 0.717) is 0 Å². The molecule has 1 atom stereocenters. The van der Waals surface area contributed by atoms with Crippen LogP contribution in [0.1, 0.15) is 37.7 Å². The molecule has 1 unspecified atom stereocenters. The highest BCUT2D eigenvalue weighted by molar-refractivity contribution is 9.10. The summed E-state index contributed by atoms with van der Waals surface area (Å²) >= 11 is 3.46. The van der Waals surface area contributed by atoms with Crippen molar-refractivity contribution < 1.29 is 0 Å². The Morgan fingerprint density at radius 3 is 2.45 bits per heavy atom. The van der Waals surface area contributed by atoms with E-state index in [9.17, 15) is 0 Å². The lowest BCUT2D eigenvalue weighted by Gasteiger charge is -2.25. The van der Waals surface area contributed by atoms with E-state index in [-0.39, 0.29) is 0 Å². The minimum absolute atomic E-state index is 0.390. The number of hydrogen-bond donors (Lipinski definition) is 1. The molecule has 4 heteroatoms. The monoisotopic (exact) mass is 335 g/mol. The van der Waals surface area contributed by atoms with E-state index in [1.807, 2.05) is 12.1 Å². The molecule has 1 aromatic heterocycles. The van der Waals surface area contributed by atoms with Crippen LogP contribution in [-0.2, 0) is 24.9 Å². The summed E-state index contributed by atoms with van der Waals surface area (Å²) in [6.45, 7) is 7.20. The SMILES string of the molecule is CCc1cc(CC(C)(N)c2ccc(Br)cc2)n(CC)n1. The quantitative estimate of drug-likeness (QED) is 0.906. The first-order valence-corrected chi connectivity index (χ1v) is 7.86. The Morgan fingerprint density at radius 1 is 1.25 bits per heavy atom. The molecule has 0 radical (unpaired) electrons.